The molecule has 4 aromatic rings. The number of benzene rings is 2. The van der Waals surface area contributed by atoms with Gasteiger partial charge in [0.05, 0.1) is 24.9 Å². The minimum atomic E-state index is -0.223. The Hall–Kier alpha value is -3.09. The Morgan fingerprint density at radius 3 is 2.55 bits per heavy atom. The van der Waals surface area contributed by atoms with E-state index in [9.17, 15) is 4.79 Å². The molecule has 7 heteroatoms. The topological polar surface area (TPSA) is 76.2 Å². The van der Waals surface area contributed by atoms with Crippen LogP contribution < -0.4 is 10.1 Å². The van der Waals surface area contributed by atoms with Crippen LogP contribution in [-0.4, -0.2) is 43.2 Å². The van der Waals surface area contributed by atoms with E-state index in [1.54, 1.807) is 14.2 Å². The molecule has 0 aliphatic rings. The molecule has 29 heavy (non-hydrogen) atoms. The van der Waals surface area contributed by atoms with Crippen molar-refractivity contribution in [2.75, 3.05) is 27.4 Å². The molecule has 0 bridgehead atoms. The summed E-state index contributed by atoms with van der Waals surface area (Å²) in [6, 6.07) is 17.5. The van der Waals surface area contributed by atoms with E-state index >= 15 is 0 Å². The van der Waals surface area contributed by atoms with Gasteiger partial charge in [0.1, 0.15) is 11.4 Å². The number of nitrogens with zero attached hydrogens (tertiary/aromatic N) is 1. The van der Waals surface area contributed by atoms with Crippen LogP contribution in [0.1, 0.15) is 10.5 Å². The van der Waals surface area contributed by atoms with Crippen molar-refractivity contribution < 1.29 is 14.3 Å². The summed E-state index contributed by atoms with van der Waals surface area (Å²) in [7, 11) is 3.23. The van der Waals surface area contributed by atoms with Gasteiger partial charge in [0.2, 0.25) is 0 Å². The minimum Gasteiger partial charge on any atom is -0.497 e. The Labute approximate surface area is 174 Å². The van der Waals surface area contributed by atoms with Crippen LogP contribution in [-0.2, 0) is 4.74 Å². The third-order valence-corrected chi connectivity index (χ3v) is 4.68. The van der Waals surface area contributed by atoms with Crippen LogP contribution >= 0.6 is 12.4 Å². The molecule has 0 fully saturated rings. The number of methoxy groups -OCH3 is 2. The average Bonchev–Trinajstić information content (AvgIpc) is 3.12. The van der Waals surface area contributed by atoms with Gasteiger partial charge in [-0.1, -0.05) is 18.2 Å². The second-order valence-electron chi connectivity index (χ2n) is 6.43. The zero-order valence-corrected chi connectivity index (χ0v) is 17.0. The molecule has 6 nitrogen and oxygen atoms in total. The smallest absolute Gasteiger partial charge is 0.270 e. The lowest BCUT2D eigenvalue weighted by molar-refractivity contribution is 0.0932. The number of para-hydroxylation sites is 1. The van der Waals surface area contributed by atoms with Gasteiger partial charge in [0, 0.05) is 35.5 Å². The Morgan fingerprint density at radius 2 is 1.83 bits per heavy atom. The molecule has 2 aromatic carbocycles. The molecule has 0 aliphatic heterocycles. The number of fused-ring (bicyclic) bond motifs is 3. The first-order valence-electron chi connectivity index (χ1n) is 9.04. The summed E-state index contributed by atoms with van der Waals surface area (Å²) in [5, 5.41) is 4.87. The summed E-state index contributed by atoms with van der Waals surface area (Å²) < 4.78 is 10.3. The maximum atomic E-state index is 12.6. The highest BCUT2D eigenvalue weighted by molar-refractivity contribution is 6.13. The van der Waals surface area contributed by atoms with Gasteiger partial charge in [-0.2, -0.15) is 0 Å². The van der Waals surface area contributed by atoms with Crippen LogP contribution in [0.3, 0.4) is 0 Å². The van der Waals surface area contributed by atoms with Crippen LogP contribution in [0.5, 0.6) is 5.75 Å². The lowest BCUT2D eigenvalue weighted by atomic mass is 10.1. The van der Waals surface area contributed by atoms with Crippen molar-refractivity contribution in [1.82, 2.24) is 15.3 Å². The molecule has 0 spiro atoms. The molecular formula is C22H22ClN3O3. The number of nitrogens with one attached hydrogen (secondary N) is 2. The van der Waals surface area contributed by atoms with Gasteiger partial charge in [-0.05, 0) is 36.4 Å². The number of halogens is 1. The monoisotopic (exact) mass is 411 g/mol. The van der Waals surface area contributed by atoms with Crippen molar-refractivity contribution in [3.8, 4) is 17.0 Å². The average molecular weight is 412 g/mol. The first-order chi connectivity index (χ1) is 13.7. The number of aromatic amines is 1. The van der Waals surface area contributed by atoms with Crippen molar-refractivity contribution in [2.45, 2.75) is 0 Å². The highest BCUT2D eigenvalue weighted by Gasteiger charge is 2.17. The molecule has 2 heterocycles. The fourth-order valence-electron chi connectivity index (χ4n) is 3.28. The van der Waals surface area contributed by atoms with E-state index in [4.69, 9.17) is 9.47 Å². The van der Waals surface area contributed by atoms with E-state index < -0.39 is 0 Å². The maximum absolute atomic E-state index is 12.6. The zero-order chi connectivity index (χ0) is 19.5. The highest BCUT2D eigenvalue weighted by Crippen LogP contribution is 2.33. The molecule has 0 unspecified atom stereocenters. The minimum absolute atomic E-state index is 0. The van der Waals surface area contributed by atoms with E-state index in [0.717, 1.165) is 38.8 Å². The largest absolute Gasteiger partial charge is 0.497 e. The summed E-state index contributed by atoms with van der Waals surface area (Å²) in [5.41, 5.74) is 3.92. The van der Waals surface area contributed by atoms with Crippen molar-refractivity contribution in [1.29, 1.82) is 0 Å². The molecule has 4 rings (SSSR count). The lowest BCUT2D eigenvalue weighted by Crippen LogP contribution is -2.27. The SMILES string of the molecule is COCCNC(=O)c1cc2c([nH]c3ccccc32)c(-c2ccc(OC)cc2)n1.Cl. The standard InChI is InChI=1S/C22H21N3O3.ClH/c1-27-12-11-23-22(26)19-13-17-16-5-3-4-6-18(16)24-21(17)20(25-19)14-7-9-15(28-2)10-8-14;/h3-10,13,24H,11-12H2,1-2H3,(H,23,26);1H. The molecule has 0 aliphatic carbocycles. The number of carbonyl (C=O) groups excluding carboxylic acids is 1. The van der Waals surface area contributed by atoms with E-state index in [1.807, 2.05) is 54.6 Å². The highest BCUT2D eigenvalue weighted by atomic mass is 35.5. The number of carbonyl (C=O) groups is 1. The van der Waals surface area contributed by atoms with Crippen molar-refractivity contribution in [3.63, 3.8) is 0 Å². The lowest BCUT2D eigenvalue weighted by Gasteiger charge is -2.09. The van der Waals surface area contributed by atoms with E-state index in [2.05, 4.69) is 15.3 Å². The van der Waals surface area contributed by atoms with Gasteiger partial charge >= 0.3 is 0 Å². The number of ether oxygens (including phenoxy) is 2. The van der Waals surface area contributed by atoms with Crippen LogP contribution in [0.15, 0.2) is 54.6 Å². The molecule has 0 atom stereocenters. The van der Waals surface area contributed by atoms with E-state index in [-0.39, 0.29) is 18.3 Å². The van der Waals surface area contributed by atoms with E-state index in [1.165, 1.54) is 0 Å². The number of H-pyrrole nitrogens is 1. The number of hydrogen-bond donors (Lipinski definition) is 2. The Kier molecular flexibility index (Phi) is 6.36. The zero-order valence-electron chi connectivity index (χ0n) is 16.2. The van der Waals surface area contributed by atoms with Gasteiger partial charge < -0.3 is 19.8 Å². The molecule has 1 amide bonds. The quantitative estimate of drug-likeness (QED) is 0.466. The fraction of sp³-hybridized carbons (Fsp3) is 0.182. The number of hydrogen-bond acceptors (Lipinski definition) is 4. The van der Waals surface area contributed by atoms with Crippen molar-refractivity contribution in [2.24, 2.45) is 0 Å². The van der Waals surface area contributed by atoms with Gasteiger partial charge in [0.25, 0.3) is 5.91 Å². The van der Waals surface area contributed by atoms with Crippen molar-refractivity contribution in [3.05, 3.63) is 60.3 Å². The Morgan fingerprint density at radius 1 is 1.07 bits per heavy atom. The van der Waals surface area contributed by atoms with Gasteiger partial charge in [-0.15, -0.1) is 12.4 Å². The number of pyridine rings is 1. The molecule has 2 N–H and O–H groups in total. The summed E-state index contributed by atoms with van der Waals surface area (Å²) in [4.78, 5) is 20.8. The third-order valence-electron chi connectivity index (χ3n) is 4.68. The summed E-state index contributed by atoms with van der Waals surface area (Å²) >= 11 is 0. The van der Waals surface area contributed by atoms with E-state index in [0.29, 0.717) is 18.8 Å². The Balaban J connectivity index is 0.00000240. The van der Waals surface area contributed by atoms with Crippen LogP contribution in [0, 0.1) is 0 Å². The number of aromatic nitrogens is 2. The molecule has 150 valence electrons. The fourth-order valence-corrected chi connectivity index (χ4v) is 3.28. The first-order valence-corrected chi connectivity index (χ1v) is 9.04. The molecule has 0 saturated heterocycles. The van der Waals surface area contributed by atoms with Crippen LogP contribution in [0.2, 0.25) is 0 Å². The number of rotatable bonds is 6. The normalized spacial score (nSPS) is 10.7. The van der Waals surface area contributed by atoms with Gasteiger partial charge in [-0.25, -0.2) is 4.98 Å². The summed E-state index contributed by atoms with van der Waals surface area (Å²) in [6.07, 6.45) is 0. The van der Waals surface area contributed by atoms with Gasteiger partial charge in [-0.3, -0.25) is 4.79 Å². The summed E-state index contributed by atoms with van der Waals surface area (Å²) in [5.74, 6) is 0.545. The molecule has 0 radical (unpaired) electrons. The predicted octanol–water partition coefficient (Wildman–Crippen LogP) is 4.19. The maximum Gasteiger partial charge on any atom is 0.270 e. The predicted molar refractivity (Wildman–Crippen MR) is 117 cm³/mol. The first kappa shape index (κ1) is 20.6. The van der Waals surface area contributed by atoms with Gasteiger partial charge in [0.15, 0.2) is 0 Å². The molecule has 2 aromatic heterocycles. The second kappa shape index (κ2) is 8.94. The third kappa shape index (κ3) is 4.04. The second-order valence-corrected chi connectivity index (χ2v) is 6.43. The van der Waals surface area contributed by atoms with Crippen LogP contribution in [0.4, 0.5) is 0 Å². The Bertz CT molecular complexity index is 1140. The number of amides is 1. The molecular weight excluding hydrogens is 390 g/mol. The van der Waals surface area contributed by atoms with Crippen molar-refractivity contribution >= 4 is 40.1 Å². The summed E-state index contributed by atoms with van der Waals surface area (Å²) in [6.45, 7) is 0.882. The van der Waals surface area contributed by atoms with Crippen LogP contribution in [0.25, 0.3) is 33.1 Å². The molecule has 0 saturated carbocycles.